The van der Waals surface area contributed by atoms with Crippen molar-refractivity contribution in [3.63, 3.8) is 0 Å². The van der Waals surface area contributed by atoms with Gasteiger partial charge in [0.2, 0.25) is 0 Å². The van der Waals surface area contributed by atoms with E-state index in [-0.39, 0.29) is 12.0 Å². The Labute approximate surface area is 405 Å². The highest BCUT2D eigenvalue weighted by Crippen LogP contribution is 2.44. The third-order valence-electron chi connectivity index (χ3n) is 14.8. The predicted octanol–water partition coefficient (Wildman–Crippen LogP) is 17.0. The van der Waals surface area contributed by atoms with E-state index < -0.39 is 0 Å². The molecular formula is C66H46N4. The number of hydrogen-bond acceptors (Lipinski definition) is 2. The highest BCUT2D eigenvalue weighted by Gasteiger charge is 2.33. The SMILES string of the molecule is CCC1C(c2cc(-n3c4ccccc4c4cc5c6c7ccccc7ccc6n(-c6ccc7ccccc7c6)c5cc43)c3ccccc3c2)=NC(c2cccc(-c3ccccc3)c2)=NC1c1ccccc1. The number of rotatable bonds is 7. The lowest BCUT2D eigenvalue weighted by atomic mass is 9.82. The molecule has 0 bridgehead atoms. The van der Waals surface area contributed by atoms with Crippen LogP contribution in [0, 0.1) is 5.92 Å². The van der Waals surface area contributed by atoms with Crippen molar-refractivity contribution in [2.75, 3.05) is 0 Å². The Morgan fingerprint density at radius 3 is 1.87 bits per heavy atom. The lowest BCUT2D eigenvalue weighted by molar-refractivity contribution is 0.532. The molecule has 3 heterocycles. The second-order valence-corrected chi connectivity index (χ2v) is 18.8. The molecule has 13 aromatic rings. The molecule has 0 N–H and O–H groups in total. The number of aromatic nitrogens is 2. The van der Waals surface area contributed by atoms with Crippen molar-refractivity contribution in [1.82, 2.24) is 9.13 Å². The standard InChI is InChI=1S/C66H46N4/c1-2-52-64(45-22-7-4-8-23-45)67-66(49-27-17-26-46(36-49)42-18-5-3-6-19-42)68-65(52)50-37-48-25-12-13-28-53(48)60(39-50)70-58-31-16-15-30-55(58)56-40-57-62(41-61(56)70)69(51-34-32-43-20-9-10-24-47(43)38-51)59-35-33-44-21-11-14-29-54(44)63(57)59/h3-41,52,64H,2H2,1H3. The summed E-state index contributed by atoms with van der Waals surface area (Å²) >= 11 is 0. The van der Waals surface area contributed by atoms with Crippen LogP contribution in [0.25, 0.3) is 98.4 Å². The molecule has 4 heteroatoms. The Balaban J connectivity index is 1.04. The van der Waals surface area contributed by atoms with Crippen molar-refractivity contribution in [1.29, 1.82) is 0 Å². The summed E-state index contributed by atoms with van der Waals surface area (Å²) in [6.07, 6.45) is 0.878. The summed E-state index contributed by atoms with van der Waals surface area (Å²) in [5.41, 5.74) is 13.6. The van der Waals surface area contributed by atoms with Crippen molar-refractivity contribution in [3.8, 4) is 22.5 Å². The summed E-state index contributed by atoms with van der Waals surface area (Å²) < 4.78 is 5.01. The van der Waals surface area contributed by atoms with Crippen LogP contribution < -0.4 is 0 Å². The molecular weight excluding hydrogens is 849 g/mol. The van der Waals surface area contributed by atoms with E-state index in [0.29, 0.717) is 0 Å². The van der Waals surface area contributed by atoms with Crippen LogP contribution in [0.5, 0.6) is 0 Å². The zero-order chi connectivity index (χ0) is 46.3. The highest BCUT2D eigenvalue weighted by atomic mass is 15.0. The van der Waals surface area contributed by atoms with E-state index in [4.69, 9.17) is 9.98 Å². The molecule has 0 spiro atoms. The van der Waals surface area contributed by atoms with Gasteiger partial charge in [-0.05, 0) is 110 Å². The largest absolute Gasteiger partial charge is 0.309 e. The first-order valence-corrected chi connectivity index (χ1v) is 24.5. The number of hydrogen-bond donors (Lipinski definition) is 0. The topological polar surface area (TPSA) is 34.6 Å². The Kier molecular flexibility index (Phi) is 9.28. The van der Waals surface area contributed by atoms with Crippen molar-refractivity contribution >= 4 is 87.5 Å². The van der Waals surface area contributed by atoms with Gasteiger partial charge in [0.1, 0.15) is 0 Å². The summed E-state index contributed by atoms with van der Waals surface area (Å²) in [6, 6.07) is 86.4. The van der Waals surface area contributed by atoms with Gasteiger partial charge >= 0.3 is 0 Å². The van der Waals surface area contributed by atoms with Crippen LogP contribution in [0.3, 0.4) is 0 Å². The van der Waals surface area contributed by atoms with Crippen molar-refractivity contribution < 1.29 is 0 Å². The fraction of sp³-hybridized carbons (Fsp3) is 0.0606. The molecule has 0 amide bonds. The zero-order valence-corrected chi connectivity index (χ0v) is 38.7. The summed E-state index contributed by atoms with van der Waals surface area (Å²) in [7, 11) is 0. The summed E-state index contributed by atoms with van der Waals surface area (Å²) in [6.45, 7) is 2.28. The fourth-order valence-corrected chi connectivity index (χ4v) is 11.6. The third-order valence-corrected chi connectivity index (χ3v) is 14.8. The molecule has 4 nitrogen and oxygen atoms in total. The molecule has 2 unspecified atom stereocenters. The van der Waals surface area contributed by atoms with Crippen LogP contribution in [0.1, 0.15) is 36.1 Å². The molecule has 0 radical (unpaired) electrons. The zero-order valence-electron chi connectivity index (χ0n) is 38.7. The maximum Gasteiger partial charge on any atom is 0.155 e. The molecule has 1 aliphatic rings. The Bertz CT molecular complexity index is 4290. The van der Waals surface area contributed by atoms with Gasteiger partial charge in [-0.1, -0.05) is 189 Å². The average Bonchev–Trinajstić information content (AvgIpc) is 3.94. The van der Waals surface area contributed by atoms with Gasteiger partial charge in [0.25, 0.3) is 0 Å². The van der Waals surface area contributed by atoms with Crippen LogP contribution in [-0.4, -0.2) is 20.7 Å². The molecule has 0 saturated heterocycles. The Morgan fingerprint density at radius 1 is 0.386 bits per heavy atom. The van der Waals surface area contributed by atoms with Gasteiger partial charge in [-0.25, -0.2) is 4.99 Å². The van der Waals surface area contributed by atoms with Crippen LogP contribution in [-0.2, 0) is 0 Å². The number of benzene rings is 11. The number of para-hydroxylation sites is 1. The van der Waals surface area contributed by atoms with Crippen molar-refractivity contribution in [3.05, 3.63) is 253 Å². The number of fused-ring (bicyclic) bond motifs is 10. The van der Waals surface area contributed by atoms with E-state index in [0.717, 1.165) is 51.5 Å². The summed E-state index contributed by atoms with van der Waals surface area (Å²) in [4.78, 5) is 11.2. The molecule has 0 aliphatic carbocycles. The molecule has 2 atom stereocenters. The van der Waals surface area contributed by atoms with Gasteiger partial charge in [0.15, 0.2) is 5.84 Å². The van der Waals surface area contributed by atoms with E-state index in [2.05, 4.69) is 253 Å². The van der Waals surface area contributed by atoms with Crippen molar-refractivity contribution in [2.45, 2.75) is 19.4 Å². The van der Waals surface area contributed by atoms with Gasteiger partial charge in [-0.15, -0.1) is 0 Å². The minimum absolute atomic E-state index is 0.0442. The predicted molar refractivity (Wildman–Crippen MR) is 296 cm³/mol. The molecule has 330 valence electrons. The third kappa shape index (κ3) is 6.37. The minimum Gasteiger partial charge on any atom is -0.309 e. The first-order chi connectivity index (χ1) is 34.7. The number of amidine groups is 1. The molecule has 2 aromatic heterocycles. The van der Waals surface area contributed by atoms with E-state index in [9.17, 15) is 0 Å². The lowest BCUT2D eigenvalue weighted by Gasteiger charge is -2.30. The van der Waals surface area contributed by atoms with E-state index in [1.165, 1.54) is 81.5 Å². The maximum absolute atomic E-state index is 5.65. The fourth-order valence-electron chi connectivity index (χ4n) is 11.6. The smallest absolute Gasteiger partial charge is 0.155 e. The van der Waals surface area contributed by atoms with Crippen LogP contribution in [0.2, 0.25) is 0 Å². The minimum atomic E-state index is -0.112. The highest BCUT2D eigenvalue weighted by molar-refractivity contribution is 6.26. The normalized spacial score (nSPS) is 15.2. The monoisotopic (exact) mass is 894 g/mol. The first kappa shape index (κ1) is 40.2. The molecule has 14 rings (SSSR count). The van der Waals surface area contributed by atoms with Gasteiger partial charge in [-0.2, -0.15) is 0 Å². The second-order valence-electron chi connectivity index (χ2n) is 18.8. The van der Waals surface area contributed by atoms with Crippen LogP contribution in [0.4, 0.5) is 0 Å². The summed E-state index contributed by atoms with van der Waals surface area (Å²) in [5, 5.41) is 12.3. The molecule has 70 heavy (non-hydrogen) atoms. The number of nitrogens with zero attached hydrogens (tertiary/aromatic N) is 4. The van der Waals surface area contributed by atoms with Crippen LogP contribution >= 0.6 is 0 Å². The van der Waals surface area contributed by atoms with Crippen molar-refractivity contribution in [2.24, 2.45) is 15.9 Å². The first-order valence-electron chi connectivity index (χ1n) is 24.5. The quantitative estimate of drug-likeness (QED) is 0.153. The number of aliphatic imine (C=N–C) groups is 2. The van der Waals surface area contributed by atoms with E-state index in [1.807, 2.05) is 0 Å². The van der Waals surface area contributed by atoms with Gasteiger partial charge < -0.3 is 9.13 Å². The van der Waals surface area contributed by atoms with E-state index >= 15 is 0 Å². The van der Waals surface area contributed by atoms with Crippen LogP contribution in [0.15, 0.2) is 247 Å². The molecule has 1 aliphatic heterocycles. The van der Waals surface area contributed by atoms with E-state index in [1.54, 1.807) is 0 Å². The second kappa shape index (κ2) is 16.1. The Morgan fingerprint density at radius 2 is 1.04 bits per heavy atom. The van der Waals surface area contributed by atoms with Gasteiger partial charge in [0, 0.05) is 44.1 Å². The molecule has 11 aromatic carbocycles. The Hall–Kier alpha value is -8.86. The van der Waals surface area contributed by atoms with Gasteiger partial charge in [-0.3, -0.25) is 4.99 Å². The summed E-state index contributed by atoms with van der Waals surface area (Å²) in [5.74, 6) is 0.803. The average molecular weight is 895 g/mol. The maximum atomic E-state index is 5.65. The molecule has 0 fully saturated rings. The lowest BCUT2D eigenvalue weighted by Crippen LogP contribution is -2.28. The molecule has 0 saturated carbocycles. The van der Waals surface area contributed by atoms with Gasteiger partial charge in [0.05, 0.1) is 39.5 Å².